The standard InChI is InChI=1S/C14H12BrFN2OS/c15-11-8-9(3-4-12(11)16)5-7-17-13(19)10-2-1-6-18-14(10)20/h1-4,6,8H,5,7H2,(H,17,19)(H,18,20). The van der Waals surface area contributed by atoms with E-state index >= 15 is 0 Å². The molecule has 0 aliphatic heterocycles. The van der Waals surface area contributed by atoms with Crippen LogP contribution in [0.3, 0.4) is 0 Å². The molecule has 0 unspecified atom stereocenters. The molecule has 0 atom stereocenters. The number of pyridine rings is 1. The van der Waals surface area contributed by atoms with Crippen LogP contribution in [0.5, 0.6) is 0 Å². The molecular formula is C14H12BrFN2OS. The lowest BCUT2D eigenvalue weighted by Gasteiger charge is -2.06. The fourth-order valence-electron chi connectivity index (χ4n) is 1.71. The third-order valence-corrected chi connectivity index (χ3v) is 3.69. The van der Waals surface area contributed by atoms with Crippen LogP contribution in [0.15, 0.2) is 41.0 Å². The van der Waals surface area contributed by atoms with Gasteiger partial charge in [-0.3, -0.25) is 4.79 Å². The Morgan fingerprint density at radius 1 is 1.40 bits per heavy atom. The van der Waals surface area contributed by atoms with Gasteiger partial charge >= 0.3 is 0 Å². The van der Waals surface area contributed by atoms with Gasteiger partial charge in [0.05, 0.1) is 10.0 Å². The number of H-pyrrole nitrogens is 1. The van der Waals surface area contributed by atoms with E-state index in [0.29, 0.717) is 27.6 Å². The number of hydrogen-bond donors (Lipinski definition) is 2. The molecule has 0 aliphatic carbocycles. The molecule has 6 heteroatoms. The molecule has 2 aromatic rings. The molecule has 1 aromatic heterocycles. The van der Waals surface area contributed by atoms with Crippen molar-refractivity contribution in [1.82, 2.24) is 10.3 Å². The minimum Gasteiger partial charge on any atom is -0.352 e. The van der Waals surface area contributed by atoms with Crippen molar-refractivity contribution in [2.24, 2.45) is 0 Å². The normalized spacial score (nSPS) is 10.3. The third kappa shape index (κ3) is 3.74. The van der Waals surface area contributed by atoms with Gasteiger partial charge in [-0.05, 0) is 52.2 Å². The topological polar surface area (TPSA) is 44.9 Å². The lowest BCUT2D eigenvalue weighted by atomic mass is 10.1. The average molecular weight is 355 g/mol. The Kier molecular flexibility index (Phi) is 5.03. The quantitative estimate of drug-likeness (QED) is 0.823. The fraction of sp³-hybridized carbons (Fsp3) is 0.143. The Hall–Kier alpha value is -1.53. The first-order chi connectivity index (χ1) is 9.58. The summed E-state index contributed by atoms with van der Waals surface area (Å²) < 4.78 is 13.9. The highest BCUT2D eigenvalue weighted by Crippen LogP contribution is 2.16. The molecule has 1 aromatic carbocycles. The molecular weight excluding hydrogens is 343 g/mol. The van der Waals surface area contributed by atoms with E-state index in [1.54, 1.807) is 30.5 Å². The maximum atomic E-state index is 13.1. The Bertz CT molecular complexity index is 687. The SMILES string of the molecule is O=C(NCCc1ccc(F)c(Br)c1)c1ccc[nH]c1=S. The molecule has 1 heterocycles. The van der Waals surface area contributed by atoms with Gasteiger partial charge in [-0.2, -0.15) is 0 Å². The van der Waals surface area contributed by atoms with Gasteiger partial charge in [0.15, 0.2) is 0 Å². The number of benzene rings is 1. The molecule has 0 bridgehead atoms. The van der Waals surface area contributed by atoms with Crippen LogP contribution in [-0.2, 0) is 6.42 Å². The maximum absolute atomic E-state index is 13.1. The summed E-state index contributed by atoms with van der Waals surface area (Å²) in [5, 5.41) is 2.79. The van der Waals surface area contributed by atoms with E-state index in [-0.39, 0.29) is 11.7 Å². The van der Waals surface area contributed by atoms with E-state index in [4.69, 9.17) is 12.2 Å². The maximum Gasteiger partial charge on any atom is 0.254 e. The van der Waals surface area contributed by atoms with Gasteiger partial charge < -0.3 is 10.3 Å². The van der Waals surface area contributed by atoms with Crippen molar-refractivity contribution in [2.45, 2.75) is 6.42 Å². The summed E-state index contributed by atoms with van der Waals surface area (Å²) in [7, 11) is 0. The van der Waals surface area contributed by atoms with Crippen molar-refractivity contribution in [3.63, 3.8) is 0 Å². The second-order valence-electron chi connectivity index (χ2n) is 4.17. The molecule has 0 spiro atoms. The number of amides is 1. The summed E-state index contributed by atoms with van der Waals surface area (Å²) in [5.41, 5.74) is 1.39. The number of carbonyl (C=O) groups is 1. The van der Waals surface area contributed by atoms with Gasteiger partial charge in [-0.1, -0.05) is 18.3 Å². The molecule has 1 amide bonds. The van der Waals surface area contributed by atoms with Crippen molar-refractivity contribution in [2.75, 3.05) is 6.54 Å². The Balaban J connectivity index is 1.93. The first kappa shape index (κ1) is 14.9. The van der Waals surface area contributed by atoms with Crippen LogP contribution in [0.2, 0.25) is 0 Å². The molecule has 0 saturated carbocycles. The first-order valence-electron chi connectivity index (χ1n) is 5.98. The lowest BCUT2D eigenvalue weighted by molar-refractivity contribution is 0.0953. The van der Waals surface area contributed by atoms with Crippen LogP contribution in [0.25, 0.3) is 0 Å². The highest BCUT2D eigenvalue weighted by Gasteiger charge is 2.07. The highest BCUT2D eigenvalue weighted by atomic mass is 79.9. The monoisotopic (exact) mass is 354 g/mol. The molecule has 0 saturated heterocycles. The zero-order valence-corrected chi connectivity index (χ0v) is 12.9. The molecule has 104 valence electrons. The van der Waals surface area contributed by atoms with Gasteiger partial charge in [-0.25, -0.2) is 4.39 Å². The zero-order chi connectivity index (χ0) is 14.5. The smallest absolute Gasteiger partial charge is 0.254 e. The number of hydrogen-bond acceptors (Lipinski definition) is 2. The Morgan fingerprint density at radius 2 is 2.20 bits per heavy atom. The van der Waals surface area contributed by atoms with Crippen LogP contribution in [0.4, 0.5) is 4.39 Å². The summed E-state index contributed by atoms with van der Waals surface area (Å²) in [6.45, 7) is 0.459. The lowest BCUT2D eigenvalue weighted by Crippen LogP contribution is -2.26. The molecule has 0 radical (unpaired) electrons. The Labute approximate surface area is 129 Å². The van der Waals surface area contributed by atoms with Crippen LogP contribution in [-0.4, -0.2) is 17.4 Å². The van der Waals surface area contributed by atoms with Crippen molar-refractivity contribution in [3.8, 4) is 0 Å². The van der Waals surface area contributed by atoms with E-state index in [1.165, 1.54) is 6.07 Å². The second-order valence-corrected chi connectivity index (χ2v) is 5.43. The average Bonchev–Trinajstić information content (AvgIpc) is 2.43. The van der Waals surface area contributed by atoms with Crippen LogP contribution < -0.4 is 5.32 Å². The summed E-state index contributed by atoms with van der Waals surface area (Å²) in [6.07, 6.45) is 2.29. The van der Waals surface area contributed by atoms with Gasteiger partial charge in [0.25, 0.3) is 5.91 Å². The van der Waals surface area contributed by atoms with Gasteiger partial charge in [0.2, 0.25) is 0 Å². The van der Waals surface area contributed by atoms with Crippen LogP contribution in [0, 0.1) is 10.5 Å². The molecule has 0 aliphatic rings. The number of aromatic amines is 1. The summed E-state index contributed by atoms with van der Waals surface area (Å²) >= 11 is 8.17. The molecule has 0 fully saturated rings. The molecule has 3 nitrogen and oxygen atoms in total. The first-order valence-corrected chi connectivity index (χ1v) is 7.18. The van der Waals surface area contributed by atoms with Crippen molar-refractivity contribution < 1.29 is 9.18 Å². The van der Waals surface area contributed by atoms with Crippen molar-refractivity contribution >= 4 is 34.1 Å². The zero-order valence-electron chi connectivity index (χ0n) is 10.5. The van der Waals surface area contributed by atoms with Gasteiger partial charge in [-0.15, -0.1) is 0 Å². The molecule has 2 rings (SSSR count). The fourth-order valence-corrected chi connectivity index (χ4v) is 2.37. The Morgan fingerprint density at radius 3 is 2.90 bits per heavy atom. The summed E-state index contributed by atoms with van der Waals surface area (Å²) in [6, 6.07) is 8.19. The minimum absolute atomic E-state index is 0.215. The predicted octanol–water partition coefficient (Wildman–Crippen LogP) is 3.62. The summed E-state index contributed by atoms with van der Waals surface area (Å²) in [4.78, 5) is 14.7. The minimum atomic E-state index is -0.298. The second kappa shape index (κ2) is 6.76. The molecule has 20 heavy (non-hydrogen) atoms. The van der Waals surface area contributed by atoms with E-state index in [9.17, 15) is 9.18 Å². The number of halogens is 2. The van der Waals surface area contributed by atoms with E-state index in [2.05, 4.69) is 26.2 Å². The van der Waals surface area contributed by atoms with E-state index < -0.39 is 0 Å². The van der Waals surface area contributed by atoms with E-state index in [0.717, 1.165) is 5.56 Å². The number of rotatable bonds is 4. The van der Waals surface area contributed by atoms with E-state index in [1.807, 2.05) is 0 Å². The number of nitrogens with one attached hydrogen (secondary N) is 2. The van der Waals surface area contributed by atoms with Crippen molar-refractivity contribution in [1.29, 1.82) is 0 Å². The van der Waals surface area contributed by atoms with Gasteiger partial charge in [0, 0.05) is 12.7 Å². The number of aromatic nitrogens is 1. The van der Waals surface area contributed by atoms with Crippen LogP contribution in [0.1, 0.15) is 15.9 Å². The van der Waals surface area contributed by atoms with Crippen molar-refractivity contribution in [3.05, 3.63) is 62.6 Å². The highest BCUT2D eigenvalue weighted by molar-refractivity contribution is 9.10. The van der Waals surface area contributed by atoms with Crippen LogP contribution >= 0.6 is 28.1 Å². The van der Waals surface area contributed by atoms with Gasteiger partial charge in [0.1, 0.15) is 10.5 Å². The predicted molar refractivity (Wildman–Crippen MR) is 81.8 cm³/mol. The summed E-state index contributed by atoms with van der Waals surface area (Å²) in [5.74, 6) is -0.513. The largest absolute Gasteiger partial charge is 0.352 e. The number of carbonyl (C=O) groups excluding carboxylic acids is 1. The molecule has 2 N–H and O–H groups in total. The third-order valence-electron chi connectivity index (χ3n) is 2.75.